The van der Waals surface area contributed by atoms with Crippen molar-refractivity contribution in [1.82, 2.24) is 4.98 Å². The van der Waals surface area contributed by atoms with Gasteiger partial charge in [0.05, 0.1) is 11.8 Å². The molecule has 0 saturated carbocycles. The molecular weight excluding hydrogens is 298 g/mol. The Morgan fingerprint density at radius 2 is 2.00 bits per heavy atom. The summed E-state index contributed by atoms with van der Waals surface area (Å²) in [5.41, 5.74) is 2.58. The Kier molecular flexibility index (Phi) is 3.93. The number of aryl methyl sites for hydroxylation is 1. The number of thiazole rings is 1. The monoisotopic (exact) mass is 313 g/mol. The summed E-state index contributed by atoms with van der Waals surface area (Å²) in [4.78, 5) is 16.4. The van der Waals surface area contributed by atoms with Crippen LogP contribution >= 0.6 is 11.3 Å². The maximum Gasteiger partial charge on any atom is 0.325 e. The number of amides is 2. The van der Waals surface area contributed by atoms with Crippen LogP contribution in [0.5, 0.6) is 5.75 Å². The molecule has 0 spiro atoms. The van der Waals surface area contributed by atoms with Crippen molar-refractivity contribution < 1.29 is 9.53 Å². The van der Waals surface area contributed by atoms with Crippen LogP contribution in [-0.4, -0.2) is 18.1 Å². The lowest BCUT2D eigenvalue weighted by Gasteiger charge is -2.05. The number of carbonyl (C=O) groups is 1. The molecule has 3 rings (SSSR count). The third kappa shape index (κ3) is 3.01. The Morgan fingerprint density at radius 3 is 2.77 bits per heavy atom. The number of para-hydroxylation sites is 1. The number of anilines is 2. The summed E-state index contributed by atoms with van der Waals surface area (Å²) in [6.07, 6.45) is 0. The van der Waals surface area contributed by atoms with Crippen LogP contribution in [0.2, 0.25) is 0 Å². The average molecular weight is 313 g/mol. The molecule has 0 bridgehead atoms. The first-order chi connectivity index (χ1) is 10.7. The Balaban J connectivity index is 1.76. The van der Waals surface area contributed by atoms with Crippen molar-refractivity contribution in [1.29, 1.82) is 0 Å². The molecule has 0 aliphatic rings. The lowest BCUT2D eigenvalue weighted by Crippen LogP contribution is -2.19. The highest BCUT2D eigenvalue weighted by Crippen LogP contribution is 2.32. The molecule has 0 aliphatic carbocycles. The van der Waals surface area contributed by atoms with Gasteiger partial charge in [0, 0.05) is 5.69 Å². The van der Waals surface area contributed by atoms with Crippen molar-refractivity contribution in [2.45, 2.75) is 6.92 Å². The van der Waals surface area contributed by atoms with Crippen molar-refractivity contribution in [2.75, 3.05) is 17.7 Å². The highest BCUT2D eigenvalue weighted by Gasteiger charge is 2.11. The van der Waals surface area contributed by atoms with E-state index >= 15 is 0 Å². The molecule has 3 aromatic rings. The summed E-state index contributed by atoms with van der Waals surface area (Å²) in [7, 11) is 1.60. The smallest absolute Gasteiger partial charge is 0.325 e. The molecule has 0 saturated heterocycles. The van der Waals surface area contributed by atoms with E-state index in [1.54, 1.807) is 7.11 Å². The summed E-state index contributed by atoms with van der Waals surface area (Å²) in [5, 5.41) is 6.07. The van der Waals surface area contributed by atoms with Crippen LogP contribution < -0.4 is 15.4 Å². The first-order valence-corrected chi connectivity index (χ1v) is 7.55. The second-order valence-corrected chi connectivity index (χ2v) is 5.81. The largest absolute Gasteiger partial charge is 0.494 e. The molecule has 112 valence electrons. The van der Waals surface area contributed by atoms with Gasteiger partial charge in [-0.15, -0.1) is 0 Å². The van der Waals surface area contributed by atoms with E-state index in [-0.39, 0.29) is 6.03 Å². The minimum atomic E-state index is -0.316. The van der Waals surface area contributed by atoms with Crippen LogP contribution in [0.1, 0.15) is 5.56 Å². The number of hydrogen-bond acceptors (Lipinski definition) is 4. The second-order valence-electron chi connectivity index (χ2n) is 4.77. The molecule has 0 fully saturated rings. The Hall–Kier alpha value is -2.60. The quantitative estimate of drug-likeness (QED) is 0.759. The highest BCUT2D eigenvalue weighted by molar-refractivity contribution is 7.22. The number of methoxy groups -OCH3 is 1. The van der Waals surface area contributed by atoms with Gasteiger partial charge in [-0.25, -0.2) is 9.78 Å². The van der Waals surface area contributed by atoms with E-state index in [0.717, 1.165) is 21.5 Å². The fraction of sp³-hybridized carbons (Fsp3) is 0.125. The SMILES string of the molecule is COc1cccc2sc(NC(=O)Nc3cccc(C)c3)nc12. The van der Waals surface area contributed by atoms with Gasteiger partial charge in [0.2, 0.25) is 0 Å². The third-order valence-electron chi connectivity index (χ3n) is 3.10. The summed E-state index contributed by atoms with van der Waals surface area (Å²) >= 11 is 1.41. The van der Waals surface area contributed by atoms with Crippen molar-refractivity contribution in [2.24, 2.45) is 0 Å². The van der Waals surface area contributed by atoms with E-state index in [1.807, 2.05) is 49.4 Å². The summed E-state index contributed by atoms with van der Waals surface area (Å²) in [6, 6.07) is 13.0. The molecule has 1 heterocycles. The second kappa shape index (κ2) is 6.03. The number of fused-ring (bicyclic) bond motifs is 1. The first kappa shape index (κ1) is 14.3. The molecule has 2 aromatic carbocycles. The molecule has 1 aromatic heterocycles. The van der Waals surface area contributed by atoms with Gasteiger partial charge in [-0.05, 0) is 36.8 Å². The third-order valence-corrected chi connectivity index (χ3v) is 4.03. The molecule has 5 nitrogen and oxygen atoms in total. The summed E-state index contributed by atoms with van der Waals surface area (Å²) in [5.74, 6) is 0.695. The first-order valence-electron chi connectivity index (χ1n) is 6.74. The van der Waals surface area contributed by atoms with Gasteiger partial charge >= 0.3 is 6.03 Å². The van der Waals surface area contributed by atoms with Gasteiger partial charge in [0.25, 0.3) is 0 Å². The van der Waals surface area contributed by atoms with Gasteiger partial charge in [-0.2, -0.15) is 0 Å². The van der Waals surface area contributed by atoms with Crippen molar-refractivity contribution in [3.05, 3.63) is 48.0 Å². The van der Waals surface area contributed by atoms with Gasteiger partial charge in [0.1, 0.15) is 11.3 Å². The predicted molar refractivity (Wildman–Crippen MR) is 90.0 cm³/mol. The van der Waals surface area contributed by atoms with Crippen LogP contribution in [0.4, 0.5) is 15.6 Å². The molecular formula is C16H15N3O2S. The zero-order valence-corrected chi connectivity index (χ0v) is 13.0. The Bertz CT molecular complexity index is 829. The number of carbonyl (C=O) groups excluding carboxylic acids is 1. The summed E-state index contributed by atoms with van der Waals surface area (Å²) in [6.45, 7) is 1.98. The normalized spacial score (nSPS) is 10.5. The molecule has 0 aliphatic heterocycles. The fourth-order valence-corrected chi connectivity index (χ4v) is 3.00. The zero-order valence-electron chi connectivity index (χ0n) is 12.2. The van der Waals surface area contributed by atoms with Crippen molar-refractivity contribution in [3.8, 4) is 5.75 Å². The predicted octanol–water partition coefficient (Wildman–Crippen LogP) is 4.26. The number of urea groups is 1. The van der Waals surface area contributed by atoms with Crippen LogP contribution in [-0.2, 0) is 0 Å². The number of ether oxygens (including phenoxy) is 1. The van der Waals surface area contributed by atoms with Crippen molar-refractivity contribution in [3.63, 3.8) is 0 Å². The number of rotatable bonds is 3. The van der Waals surface area contributed by atoms with E-state index in [2.05, 4.69) is 15.6 Å². The average Bonchev–Trinajstić information content (AvgIpc) is 2.89. The zero-order chi connectivity index (χ0) is 15.5. The van der Waals surface area contributed by atoms with Crippen LogP contribution in [0, 0.1) is 6.92 Å². The molecule has 0 unspecified atom stereocenters. The molecule has 6 heteroatoms. The molecule has 2 N–H and O–H groups in total. The Labute approximate surface area is 131 Å². The molecule has 22 heavy (non-hydrogen) atoms. The Morgan fingerprint density at radius 1 is 1.18 bits per heavy atom. The van der Waals surface area contributed by atoms with E-state index < -0.39 is 0 Å². The van der Waals surface area contributed by atoms with Crippen LogP contribution in [0.15, 0.2) is 42.5 Å². The highest BCUT2D eigenvalue weighted by atomic mass is 32.1. The molecule has 0 atom stereocenters. The van der Waals surface area contributed by atoms with E-state index in [9.17, 15) is 4.79 Å². The van der Waals surface area contributed by atoms with Crippen molar-refractivity contribution >= 4 is 38.4 Å². The topological polar surface area (TPSA) is 63.2 Å². The maximum absolute atomic E-state index is 12.0. The van der Waals surface area contributed by atoms with E-state index in [0.29, 0.717) is 10.9 Å². The number of hydrogen-bond donors (Lipinski definition) is 2. The standard InChI is InChI=1S/C16H15N3O2S/c1-10-5-3-6-11(9-10)17-15(20)19-16-18-14-12(21-2)7-4-8-13(14)22-16/h3-9H,1-2H3,(H2,17,18,19,20). The fourth-order valence-electron chi connectivity index (χ4n) is 2.12. The lowest BCUT2D eigenvalue weighted by molar-refractivity contribution is 0.262. The molecule has 0 radical (unpaired) electrons. The summed E-state index contributed by atoms with van der Waals surface area (Å²) < 4.78 is 6.23. The maximum atomic E-state index is 12.0. The van der Waals surface area contributed by atoms with Gasteiger partial charge in [-0.3, -0.25) is 5.32 Å². The van der Waals surface area contributed by atoms with Crippen LogP contribution in [0.25, 0.3) is 10.2 Å². The lowest BCUT2D eigenvalue weighted by atomic mass is 10.2. The van der Waals surface area contributed by atoms with E-state index in [4.69, 9.17) is 4.74 Å². The van der Waals surface area contributed by atoms with E-state index in [1.165, 1.54) is 11.3 Å². The minimum Gasteiger partial charge on any atom is -0.494 e. The minimum absolute atomic E-state index is 0.316. The van der Waals surface area contributed by atoms with Gasteiger partial charge < -0.3 is 10.1 Å². The number of benzene rings is 2. The number of nitrogens with one attached hydrogen (secondary N) is 2. The van der Waals surface area contributed by atoms with Crippen LogP contribution in [0.3, 0.4) is 0 Å². The van der Waals surface area contributed by atoms with Gasteiger partial charge in [-0.1, -0.05) is 29.5 Å². The number of nitrogens with zero attached hydrogens (tertiary/aromatic N) is 1. The van der Waals surface area contributed by atoms with Gasteiger partial charge in [0.15, 0.2) is 5.13 Å². The molecule has 2 amide bonds. The number of aromatic nitrogens is 1.